The lowest BCUT2D eigenvalue weighted by Crippen LogP contribution is -2.18. The predicted octanol–water partition coefficient (Wildman–Crippen LogP) is 3.69. The van der Waals surface area contributed by atoms with Gasteiger partial charge in [0.25, 0.3) is 0 Å². The molecule has 0 saturated carbocycles. The van der Waals surface area contributed by atoms with Crippen LogP contribution in [0.5, 0.6) is 0 Å². The second-order valence-electron chi connectivity index (χ2n) is 5.97. The molecule has 0 saturated heterocycles. The molecule has 0 unspecified atom stereocenters. The molecule has 2 heterocycles. The molecule has 4 heteroatoms. The van der Waals surface area contributed by atoms with Crippen molar-refractivity contribution < 1.29 is 0 Å². The Labute approximate surface area is 133 Å². The summed E-state index contributed by atoms with van der Waals surface area (Å²) in [4.78, 5) is 18.5. The Kier molecular flexibility index (Phi) is 3.34. The minimum Gasteiger partial charge on any atom is -0.298 e. The van der Waals surface area contributed by atoms with Crippen LogP contribution in [-0.4, -0.2) is 9.55 Å². The van der Waals surface area contributed by atoms with E-state index in [-0.39, 0.29) is 4.87 Å². The van der Waals surface area contributed by atoms with Crippen molar-refractivity contribution in [3.63, 3.8) is 0 Å². The molecule has 0 N–H and O–H groups in total. The van der Waals surface area contributed by atoms with Crippen molar-refractivity contribution in [3.05, 3.63) is 61.8 Å². The van der Waals surface area contributed by atoms with Crippen molar-refractivity contribution in [2.75, 3.05) is 0 Å². The molecular weight excluding hydrogens is 292 g/mol. The quantitative estimate of drug-likeness (QED) is 0.723. The Balaban J connectivity index is 1.85. The smallest absolute Gasteiger partial charge is 0.298 e. The number of aryl methyl sites for hydroxylation is 2. The zero-order chi connectivity index (χ0) is 15.1. The summed E-state index contributed by atoms with van der Waals surface area (Å²) in [7, 11) is 0. The SMILES string of the molecule is Cc1cc(Cn2c3c(sc2=O)CCCC3)c2ccccc2n1. The Bertz CT molecular complexity index is 907. The summed E-state index contributed by atoms with van der Waals surface area (Å²) in [5.41, 5.74) is 4.47. The third-order valence-corrected chi connectivity index (χ3v) is 5.49. The van der Waals surface area contributed by atoms with Crippen LogP contribution in [0, 0.1) is 6.92 Å². The number of hydrogen-bond donors (Lipinski definition) is 0. The predicted molar refractivity (Wildman–Crippen MR) is 90.8 cm³/mol. The lowest BCUT2D eigenvalue weighted by Gasteiger charge is -2.15. The second kappa shape index (κ2) is 5.36. The van der Waals surface area contributed by atoms with E-state index in [9.17, 15) is 4.79 Å². The van der Waals surface area contributed by atoms with Crippen molar-refractivity contribution in [3.8, 4) is 0 Å². The third kappa shape index (κ3) is 2.28. The van der Waals surface area contributed by atoms with Gasteiger partial charge in [0.15, 0.2) is 0 Å². The molecule has 0 amide bonds. The van der Waals surface area contributed by atoms with E-state index < -0.39 is 0 Å². The largest absolute Gasteiger partial charge is 0.307 e. The fourth-order valence-electron chi connectivity index (χ4n) is 3.38. The Hall–Kier alpha value is -1.94. The summed E-state index contributed by atoms with van der Waals surface area (Å²) >= 11 is 1.44. The fraction of sp³-hybridized carbons (Fsp3) is 0.333. The lowest BCUT2D eigenvalue weighted by atomic mass is 10.0. The van der Waals surface area contributed by atoms with Crippen LogP contribution in [-0.2, 0) is 19.4 Å². The van der Waals surface area contributed by atoms with Gasteiger partial charge in [-0.15, -0.1) is 0 Å². The maximum Gasteiger partial charge on any atom is 0.307 e. The summed E-state index contributed by atoms with van der Waals surface area (Å²) < 4.78 is 1.99. The molecule has 22 heavy (non-hydrogen) atoms. The standard InChI is InChI=1S/C18H18N2OS/c1-12-10-13(14-6-2-3-7-15(14)19-12)11-20-16-8-4-5-9-17(16)22-18(20)21/h2-3,6-7,10H,4-5,8-9,11H2,1H3. The van der Waals surface area contributed by atoms with Crippen LogP contribution in [0.1, 0.15) is 34.7 Å². The van der Waals surface area contributed by atoms with Gasteiger partial charge in [-0.05, 0) is 50.3 Å². The summed E-state index contributed by atoms with van der Waals surface area (Å²) in [6.45, 7) is 2.68. The first-order valence-electron chi connectivity index (χ1n) is 7.79. The number of para-hydroxylation sites is 1. The molecule has 0 aliphatic heterocycles. The van der Waals surface area contributed by atoms with E-state index in [0.717, 1.165) is 29.4 Å². The highest BCUT2D eigenvalue weighted by Crippen LogP contribution is 2.25. The van der Waals surface area contributed by atoms with Crippen molar-refractivity contribution in [1.82, 2.24) is 9.55 Å². The van der Waals surface area contributed by atoms with E-state index in [1.165, 1.54) is 40.3 Å². The van der Waals surface area contributed by atoms with E-state index in [1.807, 2.05) is 29.7 Å². The minimum absolute atomic E-state index is 0.186. The first-order valence-corrected chi connectivity index (χ1v) is 8.60. The van der Waals surface area contributed by atoms with Crippen LogP contribution in [0.2, 0.25) is 0 Å². The van der Waals surface area contributed by atoms with Crippen molar-refractivity contribution >= 4 is 22.2 Å². The topological polar surface area (TPSA) is 34.9 Å². The van der Waals surface area contributed by atoms with Gasteiger partial charge < -0.3 is 0 Å². The van der Waals surface area contributed by atoms with Crippen LogP contribution >= 0.6 is 11.3 Å². The molecule has 1 aromatic carbocycles. The molecule has 3 aromatic rings. The van der Waals surface area contributed by atoms with Gasteiger partial charge in [0.05, 0.1) is 12.1 Å². The highest BCUT2D eigenvalue weighted by Gasteiger charge is 2.18. The van der Waals surface area contributed by atoms with Gasteiger partial charge in [-0.25, -0.2) is 0 Å². The number of hydrogen-bond acceptors (Lipinski definition) is 3. The molecule has 1 aliphatic carbocycles. The maximum atomic E-state index is 12.4. The zero-order valence-corrected chi connectivity index (χ0v) is 13.4. The molecule has 0 fully saturated rings. The zero-order valence-electron chi connectivity index (χ0n) is 12.6. The minimum atomic E-state index is 0.186. The van der Waals surface area contributed by atoms with Gasteiger partial charge in [-0.3, -0.25) is 14.3 Å². The monoisotopic (exact) mass is 310 g/mol. The summed E-state index contributed by atoms with van der Waals surface area (Å²) in [5.74, 6) is 0. The van der Waals surface area contributed by atoms with Gasteiger partial charge in [0, 0.05) is 21.7 Å². The second-order valence-corrected chi connectivity index (χ2v) is 7.02. The van der Waals surface area contributed by atoms with E-state index in [2.05, 4.69) is 17.1 Å². The van der Waals surface area contributed by atoms with Gasteiger partial charge in [-0.2, -0.15) is 0 Å². The number of benzene rings is 1. The average molecular weight is 310 g/mol. The highest BCUT2D eigenvalue weighted by molar-refractivity contribution is 7.09. The third-order valence-electron chi connectivity index (χ3n) is 4.40. The van der Waals surface area contributed by atoms with Crippen LogP contribution in [0.25, 0.3) is 10.9 Å². The van der Waals surface area contributed by atoms with Crippen molar-refractivity contribution in [1.29, 1.82) is 0 Å². The van der Waals surface area contributed by atoms with E-state index in [4.69, 9.17) is 0 Å². The van der Waals surface area contributed by atoms with Crippen molar-refractivity contribution in [2.45, 2.75) is 39.2 Å². The molecule has 4 rings (SSSR count). The van der Waals surface area contributed by atoms with Gasteiger partial charge in [-0.1, -0.05) is 29.5 Å². The molecule has 0 spiro atoms. The van der Waals surface area contributed by atoms with E-state index >= 15 is 0 Å². The first-order chi connectivity index (χ1) is 10.7. The number of thiazole rings is 1. The number of nitrogens with zero attached hydrogens (tertiary/aromatic N) is 2. The van der Waals surface area contributed by atoms with Crippen LogP contribution in [0.4, 0.5) is 0 Å². The van der Waals surface area contributed by atoms with Crippen molar-refractivity contribution in [2.24, 2.45) is 0 Å². The summed E-state index contributed by atoms with van der Waals surface area (Å²) in [6.07, 6.45) is 4.51. The van der Waals surface area contributed by atoms with Gasteiger partial charge in [0.1, 0.15) is 0 Å². The molecule has 2 aromatic heterocycles. The van der Waals surface area contributed by atoms with Crippen LogP contribution in [0.3, 0.4) is 0 Å². The maximum absolute atomic E-state index is 12.4. The van der Waals surface area contributed by atoms with E-state index in [0.29, 0.717) is 6.54 Å². The number of rotatable bonds is 2. The number of aromatic nitrogens is 2. The molecule has 0 radical (unpaired) electrons. The number of pyridine rings is 1. The molecule has 112 valence electrons. The molecular formula is C18H18N2OS. The normalized spacial score (nSPS) is 14.2. The van der Waals surface area contributed by atoms with Gasteiger partial charge in [0.2, 0.25) is 0 Å². The van der Waals surface area contributed by atoms with Gasteiger partial charge >= 0.3 is 4.87 Å². The first kappa shape index (κ1) is 13.7. The van der Waals surface area contributed by atoms with Crippen LogP contribution in [0.15, 0.2) is 35.1 Å². The Morgan fingerprint density at radius 1 is 1.23 bits per heavy atom. The molecule has 3 nitrogen and oxygen atoms in total. The highest BCUT2D eigenvalue weighted by atomic mass is 32.1. The lowest BCUT2D eigenvalue weighted by molar-refractivity contribution is 0.626. The van der Waals surface area contributed by atoms with E-state index in [1.54, 1.807) is 0 Å². The number of fused-ring (bicyclic) bond motifs is 2. The summed E-state index contributed by atoms with van der Waals surface area (Å²) in [5, 5.41) is 1.15. The molecule has 0 atom stereocenters. The fourth-order valence-corrected chi connectivity index (χ4v) is 4.46. The average Bonchev–Trinajstić information content (AvgIpc) is 2.83. The summed E-state index contributed by atoms with van der Waals surface area (Å²) in [6, 6.07) is 10.3. The Morgan fingerprint density at radius 2 is 2.05 bits per heavy atom. The molecule has 1 aliphatic rings. The van der Waals surface area contributed by atoms with Crippen LogP contribution < -0.4 is 4.87 Å². The Morgan fingerprint density at radius 3 is 2.95 bits per heavy atom. The molecule has 0 bridgehead atoms.